The first-order valence-corrected chi connectivity index (χ1v) is 11.5. The Kier molecular flexibility index (Phi) is 5.78. The van der Waals surface area contributed by atoms with E-state index in [0.717, 1.165) is 10.9 Å². The number of aromatic nitrogens is 2. The molecule has 184 valence electrons. The van der Waals surface area contributed by atoms with Crippen molar-refractivity contribution in [1.82, 2.24) is 15.1 Å². The Morgan fingerprint density at radius 3 is 2.33 bits per heavy atom. The van der Waals surface area contributed by atoms with Gasteiger partial charge in [-0.15, -0.1) is 0 Å². The summed E-state index contributed by atoms with van der Waals surface area (Å²) in [4.78, 5) is 27.2. The average molecular weight is 493 g/mol. The number of carbonyl (C=O) groups excluding carboxylic acids is 2. The van der Waals surface area contributed by atoms with E-state index < -0.39 is 29.8 Å². The number of hydrogen-bond acceptors (Lipinski definition) is 3. The first-order valence-electron chi connectivity index (χ1n) is 11.5. The molecule has 1 saturated heterocycles. The van der Waals surface area contributed by atoms with E-state index in [2.05, 4.69) is 10.4 Å². The van der Waals surface area contributed by atoms with Crippen molar-refractivity contribution in [2.75, 3.05) is 4.90 Å². The Balaban J connectivity index is 1.57. The number of fused-ring (bicyclic) bond motifs is 1. The summed E-state index contributed by atoms with van der Waals surface area (Å²) in [5.41, 5.74) is 2.68. The lowest BCUT2D eigenvalue weighted by molar-refractivity contribution is -0.144. The van der Waals surface area contributed by atoms with Crippen LogP contribution < -0.4 is 10.2 Å². The van der Waals surface area contributed by atoms with Gasteiger partial charge in [-0.05, 0) is 48.0 Å². The van der Waals surface area contributed by atoms with Gasteiger partial charge in [-0.1, -0.05) is 37.3 Å². The Labute approximate surface area is 205 Å². The number of carbonyl (C=O) groups is 2. The van der Waals surface area contributed by atoms with Crippen LogP contribution in [0, 0.1) is 11.7 Å². The highest BCUT2D eigenvalue weighted by molar-refractivity contribution is 6.01. The van der Waals surface area contributed by atoms with E-state index in [-0.39, 0.29) is 11.7 Å². The third-order valence-corrected chi connectivity index (χ3v) is 6.52. The number of hydrogen-bond donors (Lipinski definition) is 1. The Bertz CT molecular complexity index is 1430. The van der Waals surface area contributed by atoms with Crippen LogP contribution in [0.25, 0.3) is 16.6 Å². The molecule has 0 radical (unpaired) electrons. The van der Waals surface area contributed by atoms with Crippen LogP contribution in [-0.4, -0.2) is 33.6 Å². The lowest BCUT2D eigenvalue weighted by atomic mass is 9.94. The fourth-order valence-corrected chi connectivity index (χ4v) is 4.68. The largest absolute Gasteiger partial charge is 0.345 e. The maximum absolute atomic E-state index is 13.7. The van der Waals surface area contributed by atoms with Gasteiger partial charge in [0.05, 0.1) is 35.4 Å². The lowest BCUT2D eigenvalue weighted by Gasteiger charge is -2.30. The van der Waals surface area contributed by atoms with Crippen molar-refractivity contribution in [3.8, 4) is 5.69 Å². The van der Waals surface area contributed by atoms with Crippen LogP contribution in [0.5, 0.6) is 0 Å². The third-order valence-electron chi connectivity index (χ3n) is 6.52. The Morgan fingerprint density at radius 2 is 1.67 bits per heavy atom. The monoisotopic (exact) mass is 492 g/mol. The molecule has 1 aliphatic heterocycles. The summed E-state index contributed by atoms with van der Waals surface area (Å²) in [6.45, 7) is 2.16. The van der Waals surface area contributed by atoms with Crippen LogP contribution in [0.3, 0.4) is 0 Å². The molecule has 0 saturated carbocycles. The number of anilines is 1. The molecule has 0 bridgehead atoms. The van der Waals surface area contributed by atoms with Crippen molar-refractivity contribution >= 4 is 28.4 Å². The second kappa shape index (κ2) is 8.82. The number of nitrogens with one attached hydrogen (secondary N) is 1. The van der Waals surface area contributed by atoms with Crippen molar-refractivity contribution in [2.45, 2.75) is 31.9 Å². The zero-order valence-electron chi connectivity index (χ0n) is 19.5. The predicted octanol–water partition coefficient (Wildman–Crippen LogP) is 5.03. The molecule has 1 aliphatic rings. The van der Waals surface area contributed by atoms with Gasteiger partial charge in [0.1, 0.15) is 5.82 Å². The molecule has 0 aliphatic carbocycles. The standard InChI is InChI=1S/C27H23F3N4O2/c1-16-23(32-26(36)27(2,29)30)24(17-6-4-3-5-7-17)33(25(16)35)21-12-13-22-18(14-21)15-31-34(22)20-10-8-19(28)9-11-20/h3-16,23-24H,1-2H3,(H,32,36). The summed E-state index contributed by atoms with van der Waals surface area (Å²) < 4.78 is 42.5. The number of rotatable bonds is 5. The van der Waals surface area contributed by atoms with E-state index in [1.54, 1.807) is 77.3 Å². The van der Waals surface area contributed by atoms with Gasteiger partial charge in [0.25, 0.3) is 5.91 Å². The van der Waals surface area contributed by atoms with E-state index in [1.165, 1.54) is 12.1 Å². The smallest absolute Gasteiger partial charge is 0.321 e. The highest BCUT2D eigenvalue weighted by Crippen LogP contribution is 2.41. The Hall–Kier alpha value is -4.14. The number of amides is 2. The average Bonchev–Trinajstić information content (AvgIpc) is 3.38. The molecule has 2 amide bonds. The van der Waals surface area contributed by atoms with Crippen molar-refractivity contribution in [1.29, 1.82) is 0 Å². The van der Waals surface area contributed by atoms with Crippen LogP contribution in [0.2, 0.25) is 0 Å². The van der Waals surface area contributed by atoms with Gasteiger partial charge >= 0.3 is 5.92 Å². The summed E-state index contributed by atoms with van der Waals surface area (Å²) >= 11 is 0. The number of benzene rings is 3. The van der Waals surface area contributed by atoms with Crippen LogP contribution in [-0.2, 0) is 9.59 Å². The van der Waals surface area contributed by atoms with Gasteiger partial charge in [-0.3, -0.25) is 9.59 Å². The number of alkyl halides is 2. The molecule has 0 spiro atoms. The molecule has 5 rings (SSSR count). The third kappa shape index (κ3) is 4.10. The van der Waals surface area contributed by atoms with E-state index in [0.29, 0.717) is 23.9 Å². The van der Waals surface area contributed by atoms with Gasteiger partial charge < -0.3 is 10.2 Å². The summed E-state index contributed by atoms with van der Waals surface area (Å²) in [5, 5.41) is 7.56. The summed E-state index contributed by atoms with van der Waals surface area (Å²) in [6, 6.07) is 18.7. The topological polar surface area (TPSA) is 67.2 Å². The second-order valence-electron chi connectivity index (χ2n) is 9.02. The maximum atomic E-state index is 13.7. The molecule has 9 heteroatoms. The normalized spacial score (nSPS) is 20.2. The van der Waals surface area contributed by atoms with Crippen LogP contribution >= 0.6 is 0 Å². The molecular weight excluding hydrogens is 469 g/mol. The zero-order valence-corrected chi connectivity index (χ0v) is 19.5. The van der Waals surface area contributed by atoms with Gasteiger partial charge in [-0.25, -0.2) is 9.07 Å². The maximum Gasteiger partial charge on any atom is 0.321 e. The minimum atomic E-state index is -3.58. The van der Waals surface area contributed by atoms with E-state index in [4.69, 9.17) is 0 Å². The minimum Gasteiger partial charge on any atom is -0.345 e. The minimum absolute atomic E-state index is 0.293. The van der Waals surface area contributed by atoms with Gasteiger partial charge in [0.15, 0.2) is 0 Å². The molecule has 3 aromatic carbocycles. The second-order valence-corrected chi connectivity index (χ2v) is 9.02. The summed E-state index contributed by atoms with van der Waals surface area (Å²) in [5.74, 6) is -6.39. The van der Waals surface area contributed by atoms with Crippen LogP contribution in [0.4, 0.5) is 18.9 Å². The first-order chi connectivity index (χ1) is 17.1. The fourth-order valence-electron chi connectivity index (χ4n) is 4.68. The molecule has 36 heavy (non-hydrogen) atoms. The number of halogens is 3. The van der Waals surface area contributed by atoms with Crippen molar-refractivity contribution in [2.24, 2.45) is 5.92 Å². The quantitative estimate of drug-likeness (QED) is 0.425. The number of nitrogens with zero attached hydrogens (tertiary/aromatic N) is 3. The van der Waals surface area contributed by atoms with Crippen molar-refractivity contribution in [3.05, 3.63) is 90.4 Å². The SMILES string of the molecule is CC1C(=O)N(c2ccc3c(cnn3-c3ccc(F)cc3)c2)C(c2ccccc2)C1NC(=O)C(C)(F)F. The zero-order chi connectivity index (χ0) is 25.6. The van der Waals surface area contributed by atoms with Crippen LogP contribution in [0.15, 0.2) is 79.0 Å². The molecule has 3 atom stereocenters. The molecule has 2 heterocycles. The van der Waals surface area contributed by atoms with Crippen molar-refractivity contribution < 1.29 is 22.8 Å². The summed E-state index contributed by atoms with van der Waals surface area (Å²) in [6.07, 6.45) is 1.64. The molecule has 6 nitrogen and oxygen atoms in total. The molecule has 3 unspecified atom stereocenters. The van der Waals surface area contributed by atoms with Crippen molar-refractivity contribution in [3.63, 3.8) is 0 Å². The summed E-state index contributed by atoms with van der Waals surface area (Å²) in [7, 11) is 0. The Morgan fingerprint density at radius 1 is 1.00 bits per heavy atom. The van der Waals surface area contributed by atoms with E-state index in [9.17, 15) is 22.8 Å². The van der Waals surface area contributed by atoms with Gasteiger partial charge in [-0.2, -0.15) is 13.9 Å². The highest BCUT2D eigenvalue weighted by atomic mass is 19.3. The fraction of sp³-hybridized carbons (Fsp3) is 0.222. The lowest BCUT2D eigenvalue weighted by Crippen LogP contribution is -2.48. The molecule has 4 aromatic rings. The van der Waals surface area contributed by atoms with E-state index in [1.807, 2.05) is 6.07 Å². The van der Waals surface area contributed by atoms with Crippen LogP contribution in [0.1, 0.15) is 25.5 Å². The van der Waals surface area contributed by atoms with Gasteiger partial charge in [0, 0.05) is 18.0 Å². The molecule has 1 aromatic heterocycles. The van der Waals surface area contributed by atoms with Gasteiger partial charge in [0.2, 0.25) is 5.91 Å². The predicted molar refractivity (Wildman–Crippen MR) is 129 cm³/mol. The molecule has 1 N–H and O–H groups in total. The molecule has 1 fully saturated rings. The molecular formula is C27H23F3N4O2. The highest BCUT2D eigenvalue weighted by Gasteiger charge is 2.49. The van der Waals surface area contributed by atoms with E-state index >= 15 is 0 Å². The first kappa shape index (κ1) is 23.6.